The average molecular weight is 317 g/mol. The molecule has 0 aliphatic carbocycles. The highest BCUT2D eigenvalue weighted by molar-refractivity contribution is 5.78. The van der Waals surface area contributed by atoms with Crippen LogP contribution in [0.4, 0.5) is 0 Å². The highest BCUT2D eigenvalue weighted by Crippen LogP contribution is 2.33. The lowest BCUT2D eigenvalue weighted by Crippen LogP contribution is -2.52. The van der Waals surface area contributed by atoms with Gasteiger partial charge in [0, 0.05) is 13.2 Å². The van der Waals surface area contributed by atoms with Gasteiger partial charge in [0.05, 0.1) is 24.7 Å². The van der Waals surface area contributed by atoms with Crippen LogP contribution in [0.15, 0.2) is 30.3 Å². The van der Waals surface area contributed by atoms with E-state index in [4.69, 9.17) is 4.74 Å². The van der Waals surface area contributed by atoms with E-state index in [1.54, 1.807) is 0 Å². The summed E-state index contributed by atoms with van der Waals surface area (Å²) in [5.74, 6) is 0.138. The second-order valence-corrected chi connectivity index (χ2v) is 6.89. The molecule has 1 aromatic rings. The lowest BCUT2D eigenvalue weighted by atomic mass is 9.88. The molecule has 3 rings (SSSR count). The van der Waals surface area contributed by atoms with Gasteiger partial charge in [-0.3, -0.25) is 4.79 Å². The molecule has 2 aliphatic heterocycles. The number of carbonyl (C=O) groups is 1. The minimum atomic E-state index is -0.437. The summed E-state index contributed by atoms with van der Waals surface area (Å²) in [6, 6.07) is 10.2. The molecule has 23 heavy (non-hydrogen) atoms. The molecule has 0 saturated carbocycles. The Bertz CT molecular complexity index is 513. The topological polar surface area (TPSA) is 49.8 Å². The third-order valence-corrected chi connectivity index (χ3v) is 5.24. The molecule has 0 bridgehead atoms. The summed E-state index contributed by atoms with van der Waals surface area (Å²) >= 11 is 0. The fourth-order valence-corrected chi connectivity index (χ4v) is 3.98. The molecular weight excluding hydrogens is 290 g/mol. The number of amides is 1. The molecule has 2 aliphatic rings. The number of hydrogen-bond acceptors (Lipinski definition) is 3. The zero-order valence-electron chi connectivity index (χ0n) is 13.7. The quantitative estimate of drug-likeness (QED) is 0.908. The van der Waals surface area contributed by atoms with Crippen LogP contribution in [0.1, 0.15) is 44.1 Å². The SMILES string of the molecule is O=C(CC1CCCCO1)N1CCCC1(CO)Cc1ccccc1. The molecule has 0 aromatic heterocycles. The number of aliphatic hydroxyl groups is 1. The Morgan fingerprint density at radius 2 is 2.09 bits per heavy atom. The minimum Gasteiger partial charge on any atom is -0.394 e. The summed E-state index contributed by atoms with van der Waals surface area (Å²) in [4.78, 5) is 14.7. The van der Waals surface area contributed by atoms with Gasteiger partial charge in [-0.1, -0.05) is 30.3 Å². The molecule has 0 spiro atoms. The van der Waals surface area contributed by atoms with Gasteiger partial charge in [-0.2, -0.15) is 0 Å². The highest BCUT2D eigenvalue weighted by Gasteiger charge is 2.43. The van der Waals surface area contributed by atoms with Crippen LogP contribution < -0.4 is 0 Å². The Hall–Kier alpha value is -1.39. The predicted octanol–water partition coefficient (Wildman–Crippen LogP) is 2.54. The molecule has 2 unspecified atom stereocenters. The van der Waals surface area contributed by atoms with E-state index in [0.717, 1.165) is 51.7 Å². The monoisotopic (exact) mass is 317 g/mol. The maximum absolute atomic E-state index is 12.8. The van der Waals surface area contributed by atoms with Crippen molar-refractivity contribution in [3.05, 3.63) is 35.9 Å². The summed E-state index contributed by atoms with van der Waals surface area (Å²) in [5, 5.41) is 10.1. The summed E-state index contributed by atoms with van der Waals surface area (Å²) in [6.45, 7) is 1.55. The van der Waals surface area contributed by atoms with Gasteiger partial charge >= 0.3 is 0 Å². The van der Waals surface area contributed by atoms with Crippen molar-refractivity contribution in [1.82, 2.24) is 4.90 Å². The number of nitrogens with zero attached hydrogens (tertiary/aromatic N) is 1. The standard InChI is InChI=1S/C19H27NO3/c21-15-19(14-16-7-2-1-3-8-16)10-6-11-20(19)18(22)13-17-9-4-5-12-23-17/h1-3,7-8,17,21H,4-6,9-15H2. The molecule has 1 N–H and O–H groups in total. The number of aliphatic hydroxyl groups excluding tert-OH is 1. The Labute approximate surface area is 138 Å². The van der Waals surface area contributed by atoms with E-state index in [2.05, 4.69) is 12.1 Å². The second-order valence-electron chi connectivity index (χ2n) is 6.89. The molecule has 2 heterocycles. The Balaban J connectivity index is 1.70. The van der Waals surface area contributed by atoms with Gasteiger partial charge in [-0.25, -0.2) is 0 Å². The molecular formula is C19H27NO3. The third kappa shape index (κ3) is 3.75. The molecule has 1 aromatic carbocycles. The first-order chi connectivity index (χ1) is 11.2. The van der Waals surface area contributed by atoms with Crippen molar-refractivity contribution in [2.75, 3.05) is 19.8 Å². The number of ether oxygens (including phenoxy) is 1. The van der Waals surface area contributed by atoms with Crippen molar-refractivity contribution in [1.29, 1.82) is 0 Å². The van der Waals surface area contributed by atoms with Gasteiger partial charge in [-0.15, -0.1) is 0 Å². The summed E-state index contributed by atoms with van der Waals surface area (Å²) in [6.07, 6.45) is 6.30. The fraction of sp³-hybridized carbons (Fsp3) is 0.632. The lowest BCUT2D eigenvalue weighted by molar-refractivity contribution is -0.140. The first kappa shape index (κ1) is 16.5. The smallest absolute Gasteiger partial charge is 0.225 e. The normalized spacial score (nSPS) is 28.0. The van der Waals surface area contributed by atoms with Gasteiger partial charge in [0.1, 0.15) is 0 Å². The molecule has 4 heteroatoms. The van der Waals surface area contributed by atoms with Crippen LogP contribution in [0.5, 0.6) is 0 Å². The fourth-order valence-electron chi connectivity index (χ4n) is 3.98. The van der Waals surface area contributed by atoms with E-state index in [9.17, 15) is 9.90 Å². The molecule has 1 amide bonds. The van der Waals surface area contributed by atoms with Crippen LogP contribution in [0, 0.1) is 0 Å². The average Bonchev–Trinajstić information content (AvgIpc) is 3.01. The van der Waals surface area contributed by atoms with E-state index in [1.807, 2.05) is 23.1 Å². The number of benzene rings is 1. The second kappa shape index (κ2) is 7.45. The number of carbonyl (C=O) groups excluding carboxylic acids is 1. The Kier molecular flexibility index (Phi) is 5.34. The molecule has 2 fully saturated rings. The first-order valence-corrected chi connectivity index (χ1v) is 8.80. The molecule has 4 nitrogen and oxygen atoms in total. The van der Waals surface area contributed by atoms with Crippen LogP contribution in [0.2, 0.25) is 0 Å². The molecule has 0 radical (unpaired) electrons. The van der Waals surface area contributed by atoms with Crippen molar-refractivity contribution in [3.63, 3.8) is 0 Å². The molecule has 2 atom stereocenters. The van der Waals surface area contributed by atoms with Gasteiger partial charge in [-0.05, 0) is 44.1 Å². The van der Waals surface area contributed by atoms with Crippen LogP contribution in [0.3, 0.4) is 0 Å². The molecule has 2 saturated heterocycles. The van der Waals surface area contributed by atoms with E-state index in [0.29, 0.717) is 6.42 Å². The zero-order valence-corrected chi connectivity index (χ0v) is 13.7. The van der Waals surface area contributed by atoms with Gasteiger partial charge in [0.2, 0.25) is 5.91 Å². The Morgan fingerprint density at radius 3 is 2.78 bits per heavy atom. The summed E-state index contributed by atoms with van der Waals surface area (Å²) < 4.78 is 5.72. The third-order valence-electron chi connectivity index (χ3n) is 5.24. The number of likely N-dealkylation sites (tertiary alicyclic amines) is 1. The van der Waals surface area contributed by atoms with Crippen LogP contribution in [0.25, 0.3) is 0 Å². The van der Waals surface area contributed by atoms with Crippen molar-refractivity contribution in [3.8, 4) is 0 Å². The largest absolute Gasteiger partial charge is 0.394 e. The van der Waals surface area contributed by atoms with Crippen LogP contribution in [-0.2, 0) is 16.0 Å². The minimum absolute atomic E-state index is 0.0269. The predicted molar refractivity (Wildman–Crippen MR) is 89.1 cm³/mol. The van der Waals surface area contributed by atoms with Crippen molar-refractivity contribution < 1.29 is 14.6 Å². The van der Waals surface area contributed by atoms with Gasteiger partial charge < -0.3 is 14.7 Å². The van der Waals surface area contributed by atoms with Crippen molar-refractivity contribution in [2.45, 2.75) is 56.6 Å². The van der Waals surface area contributed by atoms with E-state index < -0.39 is 5.54 Å². The van der Waals surface area contributed by atoms with Crippen LogP contribution >= 0.6 is 0 Å². The molecule has 126 valence electrons. The number of hydrogen-bond donors (Lipinski definition) is 1. The first-order valence-electron chi connectivity index (χ1n) is 8.80. The van der Waals surface area contributed by atoms with E-state index in [1.165, 1.54) is 5.56 Å². The maximum atomic E-state index is 12.8. The number of rotatable bonds is 5. The van der Waals surface area contributed by atoms with Crippen molar-refractivity contribution >= 4 is 5.91 Å². The Morgan fingerprint density at radius 1 is 1.26 bits per heavy atom. The summed E-state index contributed by atoms with van der Waals surface area (Å²) in [7, 11) is 0. The van der Waals surface area contributed by atoms with Crippen LogP contribution in [-0.4, -0.2) is 47.3 Å². The van der Waals surface area contributed by atoms with Crippen molar-refractivity contribution in [2.24, 2.45) is 0 Å². The summed E-state index contributed by atoms with van der Waals surface area (Å²) in [5.41, 5.74) is 0.739. The van der Waals surface area contributed by atoms with Gasteiger partial charge in [0.25, 0.3) is 0 Å². The van der Waals surface area contributed by atoms with E-state index >= 15 is 0 Å². The van der Waals surface area contributed by atoms with E-state index in [-0.39, 0.29) is 18.6 Å². The zero-order chi connectivity index (χ0) is 16.1. The van der Waals surface area contributed by atoms with Gasteiger partial charge in [0.15, 0.2) is 0 Å². The lowest BCUT2D eigenvalue weighted by Gasteiger charge is -2.38. The highest BCUT2D eigenvalue weighted by atomic mass is 16.5. The maximum Gasteiger partial charge on any atom is 0.225 e.